The Morgan fingerprint density at radius 1 is 1.18 bits per heavy atom. The van der Waals surface area contributed by atoms with Crippen LogP contribution in [0.15, 0.2) is 47.7 Å². The zero-order chi connectivity index (χ0) is 24.0. The number of anilines is 2. The van der Waals surface area contributed by atoms with Gasteiger partial charge in [0.2, 0.25) is 5.28 Å². The van der Waals surface area contributed by atoms with Gasteiger partial charge in [0.1, 0.15) is 17.3 Å². The lowest BCUT2D eigenvalue weighted by Gasteiger charge is -2.28. The number of amides is 1. The standard InChI is InChI=1S/C23H16ClF3N6O/c1-12-2-3-15(31-21(34)18-9-14(4-5-28-18)23(25,26)27)10-16(12)17-8-13-11-30-22(24)32-19(13)33-7-6-29-20(17)33/h2-5,8-11H,6-7H2,1H3,(H,31,34). The summed E-state index contributed by atoms with van der Waals surface area (Å²) in [5, 5.41) is 2.78. The molecule has 2 aliphatic heterocycles. The molecule has 172 valence electrons. The molecule has 0 saturated heterocycles. The number of benzene rings is 1. The molecule has 0 spiro atoms. The fourth-order valence-corrected chi connectivity index (χ4v) is 4.03. The molecule has 1 amide bonds. The van der Waals surface area contributed by atoms with Gasteiger partial charge in [0.15, 0.2) is 0 Å². The highest BCUT2D eigenvalue weighted by Gasteiger charge is 2.32. The predicted molar refractivity (Wildman–Crippen MR) is 123 cm³/mol. The minimum atomic E-state index is -4.57. The van der Waals surface area contributed by atoms with Crippen LogP contribution in [0.3, 0.4) is 0 Å². The molecule has 0 saturated carbocycles. The predicted octanol–water partition coefficient (Wildman–Crippen LogP) is 4.88. The Bertz CT molecular complexity index is 1390. The minimum Gasteiger partial charge on any atom is -0.321 e. The van der Waals surface area contributed by atoms with Crippen LogP contribution in [-0.4, -0.2) is 39.8 Å². The van der Waals surface area contributed by atoms with Gasteiger partial charge in [-0.05, 0) is 60.0 Å². The Kier molecular flexibility index (Phi) is 5.32. The summed E-state index contributed by atoms with van der Waals surface area (Å²) in [7, 11) is 0. The number of hydrogen-bond acceptors (Lipinski definition) is 6. The van der Waals surface area contributed by atoms with Crippen molar-refractivity contribution in [3.63, 3.8) is 0 Å². The summed E-state index contributed by atoms with van der Waals surface area (Å²) >= 11 is 5.98. The van der Waals surface area contributed by atoms with Gasteiger partial charge in [-0.1, -0.05) is 6.07 Å². The number of fused-ring (bicyclic) bond motifs is 3. The minimum absolute atomic E-state index is 0.144. The molecule has 0 radical (unpaired) electrons. The summed E-state index contributed by atoms with van der Waals surface area (Å²) in [6.45, 7) is 3.15. The Balaban J connectivity index is 1.49. The van der Waals surface area contributed by atoms with E-state index in [-0.39, 0.29) is 11.0 Å². The SMILES string of the molecule is Cc1ccc(NC(=O)c2cc(C(F)(F)F)ccn2)cc1C1=Cc2cnc(Cl)nc2N2CCN=C12. The molecule has 5 rings (SSSR count). The highest BCUT2D eigenvalue weighted by atomic mass is 35.5. The molecule has 0 bridgehead atoms. The highest BCUT2D eigenvalue weighted by Crippen LogP contribution is 2.37. The fraction of sp³-hybridized carbons (Fsp3) is 0.174. The summed E-state index contributed by atoms with van der Waals surface area (Å²) < 4.78 is 39.0. The molecular formula is C23H16ClF3N6O. The molecule has 0 aliphatic carbocycles. The maximum absolute atomic E-state index is 13.0. The van der Waals surface area contributed by atoms with Crippen LogP contribution in [-0.2, 0) is 6.18 Å². The molecule has 34 heavy (non-hydrogen) atoms. The van der Waals surface area contributed by atoms with Crippen molar-refractivity contribution in [1.82, 2.24) is 15.0 Å². The summed E-state index contributed by atoms with van der Waals surface area (Å²) in [6.07, 6.45) is -0.0566. The Hall–Kier alpha value is -3.79. The van der Waals surface area contributed by atoms with Gasteiger partial charge in [0.25, 0.3) is 5.91 Å². The van der Waals surface area contributed by atoms with E-state index < -0.39 is 17.6 Å². The van der Waals surface area contributed by atoms with Gasteiger partial charge in [0.05, 0.1) is 12.1 Å². The van der Waals surface area contributed by atoms with E-state index in [1.165, 1.54) is 0 Å². The van der Waals surface area contributed by atoms with Crippen molar-refractivity contribution < 1.29 is 18.0 Å². The van der Waals surface area contributed by atoms with Gasteiger partial charge in [-0.15, -0.1) is 0 Å². The van der Waals surface area contributed by atoms with E-state index >= 15 is 0 Å². The number of nitrogens with one attached hydrogen (secondary N) is 1. The number of hydrogen-bond donors (Lipinski definition) is 1. The van der Waals surface area contributed by atoms with Crippen molar-refractivity contribution in [3.05, 3.63) is 76.0 Å². The Morgan fingerprint density at radius 3 is 2.79 bits per heavy atom. The van der Waals surface area contributed by atoms with Crippen LogP contribution < -0.4 is 10.2 Å². The summed E-state index contributed by atoms with van der Waals surface area (Å²) in [6, 6.07) is 6.80. The van der Waals surface area contributed by atoms with Crippen molar-refractivity contribution in [2.24, 2.45) is 4.99 Å². The fourth-order valence-electron chi connectivity index (χ4n) is 3.90. The lowest BCUT2D eigenvalue weighted by atomic mass is 9.94. The average molecular weight is 485 g/mol. The van der Waals surface area contributed by atoms with Crippen LogP contribution in [0.4, 0.5) is 24.7 Å². The molecule has 2 aliphatic rings. The third kappa shape index (κ3) is 4.01. The number of rotatable bonds is 3. The molecule has 4 heterocycles. The van der Waals surface area contributed by atoms with Crippen molar-refractivity contribution in [2.45, 2.75) is 13.1 Å². The van der Waals surface area contributed by atoms with Crippen LogP contribution >= 0.6 is 11.6 Å². The molecule has 2 aromatic heterocycles. The quantitative estimate of drug-likeness (QED) is 0.536. The van der Waals surface area contributed by atoms with Crippen molar-refractivity contribution >= 4 is 46.5 Å². The Labute approximate surface area is 197 Å². The molecule has 7 nitrogen and oxygen atoms in total. The smallest absolute Gasteiger partial charge is 0.321 e. The van der Waals surface area contributed by atoms with Crippen LogP contribution in [0.25, 0.3) is 11.6 Å². The average Bonchev–Trinajstić information content (AvgIpc) is 3.30. The van der Waals surface area contributed by atoms with E-state index in [4.69, 9.17) is 11.6 Å². The van der Waals surface area contributed by atoms with E-state index in [1.807, 2.05) is 24.0 Å². The number of alkyl halides is 3. The second kappa shape index (κ2) is 8.21. The third-order valence-corrected chi connectivity index (χ3v) is 5.69. The van der Waals surface area contributed by atoms with Gasteiger partial charge in [0, 0.05) is 35.8 Å². The number of carbonyl (C=O) groups excluding carboxylic acids is 1. The van der Waals surface area contributed by atoms with Gasteiger partial charge >= 0.3 is 6.18 Å². The number of amidine groups is 1. The molecule has 0 atom stereocenters. The zero-order valence-corrected chi connectivity index (χ0v) is 18.4. The monoisotopic (exact) mass is 484 g/mol. The van der Waals surface area contributed by atoms with Crippen LogP contribution in [0.5, 0.6) is 0 Å². The first-order valence-electron chi connectivity index (χ1n) is 10.2. The van der Waals surface area contributed by atoms with Gasteiger partial charge in [-0.2, -0.15) is 18.2 Å². The van der Waals surface area contributed by atoms with E-state index in [0.29, 0.717) is 24.6 Å². The van der Waals surface area contributed by atoms with Crippen molar-refractivity contribution in [3.8, 4) is 0 Å². The molecular weight excluding hydrogens is 469 g/mol. The summed E-state index contributed by atoms with van der Waals surface area (Å²) in [5.74, 6) is 0.665. The summed E-state index contributed by atoms with van der Waals surface area (Å²) in [4.78, 5) is 31.4. The highest BCUT2D eigenvalue weighted by molar-refractivity contribution is 6.36. The van der Waals surface area contributed by atoms with Crippen molar-refractivity contribution in [2.75, 3.05) is 23.3 Å². The van der Waals surface area contributed by atoms with Gasteiger partial charge < -0.3 is 10.2 Å². The normalized spacial score (nSPS) is 14.8. The largest absolute Gasteiger partial charge is 0.416 e. The van der Waals surface area contributed by atoms with Crippen LogP contribution in [0.2, 0.25) is 5.28 Å². The number of halogens is 4. The van der Waals surface area contributed by atoms with Gasteiger partial charge in [-0.25, -0.2) is 4.98 Å². The number of aliphatic imine (C=N–C) groups is 1. The molecule has 0 unspecified atom stereocenters. The number of pyridine rings is 1. The Morgan fingerprint density at radius 2 is 2.00 bits per heavy atom. The first-order valence-corrected chi connectivity index (χ1v) is 10.6. The first kappa shape index (κ1) is 22.0. The number of nitrogens with zero attached hydrogens (tertiary/aromatic N) is 5. The third-order valence-electron chi connectivity index (χ3n) is 5.51. The molecule has 0 fully saturated rings. The van der Waals surface area contributed by atoms with E-state index in [9.17, 15) is 18.0 Å². The van der Waals surface area contributed by atoms with E-state index in [1.54, 1.807) is 18.3 Å². The van der Waals surface area contributed by atoms with Crippen molar-refractivity contribution in [1.29, 1.82) is 0 Å². The second-order valence-corrected chi connectivity index (χ2v) is 8.08. The second-order valence-electron chi connectivity index (χ2n) is 7.74. The number of aryl methyl sites for hydroxylation is 1. The summed E-state index contributed by atoms with van der Waals surface area (Å²) in [5.41, 5.74) is 2.47. The number of carbonyl (C=O) groups is 1. The van der Waals surface area contributed by atoms with Crippen LogP contribution in [0.1, 0.15) is 32.7 Å². The molecule has 1 aromatic carbocycles. The number of aromatic nitrogens is 3. The first-order chi connectivity index (χ1) is 16.2. The molecule has 11 heteroatoms. The van der Waals surface area contributed by atoms with Gasteiger partial charge in [-0.3, -0.25) is 14.8 Å². The van der Waals surface area contributed by atoms with E-state index in [0.717, 1.165) is 46.4 Å². The molecule has 1 N–H and O–H groups in total. The topological polar surface area (TPSA) is 83.4 Å². The maximum Gasteiger partial charge on any atom is 0.416 e. The lowest BCUT2D eigenvalue weighted by molar-refractivity contribution is -0.137. The van der Waals surface area contributed by atoms with Crippen LogP contribution in [0, 0.1) is 6.92 Å². The van der Waals surface area contributed by atoms with E-state index in [2.05, 4.69) is 25.3 Å². The lowest BCUT2D eigenvalue weighted by Crippen LogP contribution is -2.32. The molecule has 3 aromatic rings. The maximum atomic E-state index is 13.0. The zero-order valence-electron chi connectivity index (χ0n) is 17.7.